The van der Waals surface area contributed by atoms with Gasteiger partial charge in [0, 0.05) is 19.0 Å². The van der Waals surface area contributed by atoms with Crippen LogP contribution >= 0.6 is 11.6 Å². The minimum atomic E-state index is -0.298. The zero-order valence-corrected chi connectivity index (χ0v) is 12.5. The molecule has 0 spiro atoms. The fourth-order valence-corrected chi connectivity index (χ4v) is 2.97. The molecule has 2 amide bonds. The van der Waals surface area contributed by atoms with Crippen molar-refractivity contribution in [1.29, 1.82) is 0 Å². The number of rotatable bonds is 4. The largest absolute Gasteiger partial charge is 0.496 e. The fourth-order valence-electron chi connectivity index (χ4n) is 2.72. The zero-order chi connectivity index (χ0) is 15.0. The first-order valence-electron chi connectivity index (χ1n) is 7.03. The molecule has 1 heterocycles. The van der Waals surface area contributed by atoms with Crippen molar-refractivity contribution in [3.63, 3.8) is 0 Å². The molecule has 1 unspecified atom stereocenters. The van der Waals surface area contributed by atoms with E-state index in [1.807, 2.05) is 4.90 Å². The number of benzene rings is 1. The molecule has 5 nitrogen and oxygen atoms in total. The Labute approximate surface area is 128 Å². The standard InChI is InChI=1S/C15H17ClN2O3/c1-21-12-4-2-3-11(16)14(12)15(20)17-9-7-13(19)18(8-9)10-5-6-10/h2-4,9-10H,5-8H2,1H3,(H,17,20). The Balaban J connectivity index is 1.71. The first-order valence-corrected chi connectivity index (χ1v) is 7.40. The summed E-state index contributed by atoms with van der Waals surface area (Å²) >= 11 is 6.09. The van der Waals surface area contributed by atoms with E-state index in [9.17, 15) is 9.59 Å². The van der Waals surface area contributed by atoms with E-state index in [0.717, 1.165) is 12.8 Å². The Morgan fingerprint density at radius 1 is 1.43 bits per heavy atom. The molecule has 1 N–H and O–H groups in total. The summed E-state index contributed by atoms with van der Waals surface area (Å²) in [4.78, 5) is 26.2. The summed E-state index contributed by atoms with van der Waals surface area (Å²) in [7, 11) is 1.50. The van der Waals surface area contributed by atoms with Crippen LogP contribution in [0.25, 0.3) is 0 Å². The highest BCUT2D eigenvalue weighted by Gasteiger charge is 2.40. The van der Waals surface area contributed by atoms with E-state index in [-0.39, 0.29) is 17.9 Å². The van der Waals surface area contributed by atoms with E-state index in [1.54, 1.807) is 18.2 Å². The first-order chi connectivity index (χ1) is 10.1. The SMILES string of the molecule is COc1cccc(Cl)c1C(=O)NC1CC(=O)N(C2CC2)C1. The van der Waals surface area contributed by atoms with Gasteiger partial charge in [-0.2, -0.15) is 0 Å². The predicted octanol–water partition coefficient (Wildman–Crippen LogP) is 1.84. The Bertz CT molecular complexity index is 586. The number of hydrogen-bond acceptors (Lipinski definition) is 3. The molecule has 6 heteroatoms. The van der Waals surface area contributed by atoms with Gasteiger partial charge >= 0.3 is 0 Å². The van der Waals surface area contributed by atoms with Crippen LogP contribution in [-0.2, 0) is 4.79 Å². The van der Waals surface area contributed by atoms with Gasteiger partial charge in [0.1, 0.15) is 5.75 Å². The van der Waals surface area contributed by atoms with Crippen LogP contribution in [0.1, 0.15) is 29.6 Å². The van der Waals surface area contributed by atoms with Crippen LogP contribution < -0.4 is 10.1 Å². The van der Waals surface area contributed by atoms with Gasteiger partial charge in [0.2, 0.25) is 5.91 Å². The zero-order valence-electron chi connectivity index (χ0n) is 11.8. The molecule has 21 heavy (non-hydrogen) atoms. The molecule has 1 atom stereocenters. The van der Waals surface area contributed by atoms with Gasteiger partial charge in [-0.05, 0) is 25.0 Å². The van der Waals surface area contributed by atoms with Gasteiger partial charge in [-0.1, -0.05) is 17.7 Å². The van der Waals surface area contributed by atoms with Gasteiger partial charge in [-0.3, -0.25) is 9.59 Å². The van der Waals surface area contributed by atoms with Crippen LogP contribution in [0.4, 0.5) is 0 Å². The minimum Gasteiger partial charge on any atom is -0.496 e. The van der Waals surface area contributed by atoms with Gasteiger partial charge in [0.05, 0.1) is 23.7 Å². The smallest absolute Gasteiger partial charge is 0.256 e. The van der Waals surface area contributed by atoms with Crippen LogP contribution in [-0.4, -0.2) is 42.5 Å². The second-order valence-corrected chi connectivity index (χ2v) is 5.88. The van der Waals surface area contributed by atoms with E-state index < -0.39 is 0 Å². The number of hydrogen-bond donors (Lipinski definition) is 1. The molecule has 1 aromatic carbocycles. The molecule has 0 aromatic heterocycles. The lowest BCUT2D eigenvalue weighted by Crippen LogP contribution is -2.37. The third-order valence-electron chi connectivity index (χ3n) is 3.90. The number of nitrogens with one attached hydrogen (secondary N) is 1. The number of nitrogens with zero attached hydrogens (tertiary/aromatic N) is 1. The lowest BCUT2D eigenvalue weighted by molar-refractivity contribution is -0.128. The Hall–Kier alpha value is -1.75. The maximum absolute atomic E-state index is 12.4. The van der Waals surface area contributed by atoms with Crippen LogP contribution in [0.3, 0.4) is 0 Å². The van der Waals surface area contributed by atoms with Crippen molar-refractivity contribution in [2.75, 3.05) is 13.7 Å². The van der Waals surface area contributed by atoms with Gasteiger partial charge in [0.25, 0.3) is 5.91 Å². The number of halogens is 1. The Morgan fingerprint density at radius 2 is 2.19 bits per heavy atom. The van der Waals surface area contributed by atoms with Crippen LogP contribution in [0.5, 0.6) is 5.75 Å². The maximum Gasteiger partial charge on any atom is 0.256 e. The molecule has 1 aliphatic heterocycles. The molecular formula is C15H17ClN2O3. The number of methoxy groups -OCH3 is 1. The summed E-state index contributed by atoms with van der Waals surface area (Å²) < 4.78 is 5.18. The minimum absolute atomic E-state index is 0.119. The Kier molecular flexibility index (Phi) is 3.76. The second-order valence-electron chi connectivity index (χ2n) is 5.47. The third kappa shape index (κ3) is 2.83. The average Bonchev–Trinajstić information content (AvgIpc) is 3.22. The van der Waals surface area contributed by atoms with Crippen molar-refractivity contribution in [2.45, 2.75) is 31.3 Å². The second kappa shape index (κ2) is 5.56. The highest BCUT2D eigenvalue weighted by molar-refractivity contribution is 6.34. The van der Waals surface area contributed by atoms with Crippen molar-refractivity contribution in [1.82, 2.24) is 10.2 Å². The van der Waals surface area contributed by atoms with E-state index in [4.69, 9.17) is 16.3 Å². The summed E-state index contributed by atoms with van der Waals surface area (Å²) in [5.41, 5.74) is 0.319. The van der Waals surface area contributed by atoms with E-state index in [1.165, 1.54) is 7.11 Å². The lowest BCUT2D eigenvalue weighted by atomic mass is 10.1. The van der Waals surface area contributed by atoms with Crippen LogP contribution in [0.2, 0.25) is 5.02 Å². The quantitative estimate of drug-likeness (QED) is 0.923. The highest BCUT2D eigenvalue weighted by atomic mass is 35.5. The van der Waals surface area contributed by atoms with Gasteiger partial charge in [-0.15, -0.1) is 0 Å². The molecule has 3 rings (SSSR count). The van der Waals surface area contributed by atoms with E-state index in [2.05, 4.69) is 5.32 Å². The summed E-state index contributed by atoms with van der Waals surface area (Å²) in [6.07, 6.45) is 2.50. The monoisotopic (exact) mass is 308 g/mol. The Morgan fingerprint density at radius 3 is 2.86 bits per heavy atom. The lowest BCUT2D eigenvalue weighted by Gasteiger charge is -2.17. The number of amides is 2. The molecular weight excluding hydrogens is 292 g/mol. The molecule has 2 aliphatic rings. The fraction of sp³-hybridized carbons (Fsp3) is 0.467. The van der Waals surface area contributed by atoms with Gasteiger partial charge in [0.15, 0.2) is 0 Å². The number of ether oxygens (including phenoxy) is 1. The molecule has 1 saturated carbocycles. The molecule has 112 valence electrons. The molecule has 1 saturated heterocycles. The van der Waals surface area contributed by atoms with Crippen molar-refractivity contribution in [2.24, 2.45) is 0 Å². The van der Waals surface area contributed by atoms with E-state index >= 15 is 0 Å². The summed E-state index contributed by atoms with van der Waals surface area (Å²) in [6, 6.07) is 5.29. The number of carbonyl (C=O) groups excluding carboxylic acids is 2. The van der Waals surface area contributed by atoms with Crippen molar-refractivity contribution >= 4 is 23.4 Å². The third-order valence-corrected chi connectivity index (χ3v) is 4.22. The summed E-state index contributed by atoms with van der Waals surface area (Å²) in [5.74, 6) is 0.255. The van der Waals surface area contributed by atoms with Gasteiger partial charge < -0.3 is 15.0 Å². The van der Waals surface area contributed by atoms with Gasteiger partial charge in [-0.25, -0.2) is 0 Å². The molecule has 1 aliphatic carbocycles. The maximum atomic E-state index is 12.4. The number of carbonyl (C=O) groups is 2. The molecule has 0 radical (unpaired) electrons. The van der Waals surface area contributed by atoms with Crippen LogP contribution in [0.15, 0.2) is 18.2 Å². The van der Waals surface area contributed by atoms with Crippen molar-refractivity contribution in [3.8, 4) is 5.75 Å². The van der Waals surface area contributed by atoms with Crippen LogP contribution in [0, 0.1) is 0 Å². The topological polar surface area (TPSA) is 58.6 Å². The van der Waals surface area contributed by atoms with E-state index in [0.29, 0.717) is 35.3 Å². The average molecular weight is 309 g/mol. The predicted molar refractivity (Wildman–Crippen MR) is 78.6 cm³/mol. The normalized spacial score (nSPS) is 21.5. The number of likely N-dealkylation sites (tertiary alicyclic amines) is 1. The molecule has 2 fully saturated rings. The van der Waals surface area contributed by atoms with Crippen molar-refractivity contribution < 1.29 is 14.3 Å². The molecule has 0 bridgehead atoms. The summed E-state index contributed by atoms with van der Waals surface area (Å²) in [5, 5.41) is 3.23. The first kappa shape index (κ1) is 14.2. The summed E-state index contributed by atoms with van der Waals surface area (Å²) in [6.45, 7) is 0.585. The van der Waals surface area contributed by atoms with Crippen molar-refractivity contribution in [3.05, 3.63) is 28.8 Å². The molecule has 1 aromatic rings. The highest BCUT2D eigenvalue weighted by Crippen LogP contribution is 2.31.